The Labute approximate surface area is 317 Å². The summed E-state index contributed by atoms with van der Waals surface area (Å²) in [6.07, 6.45) is 0. The number of hydrogen-bond donors (Lipinski definition) is 0. The van der Waals surface area contributed by atoms with Crippen LogP contribution in [0.1, 0.15) is 0 Å². The van der Waals surface area contributed by atoms with E-state index in [1.54, 1.807) is 0 Å². The average Bonchev–Trinajstić information content (AvgIpc) is 3.83. The van der Waals surface area contributed by atoms with Crippen LogP contribution in [-0.2, 0) is 0 Å². The summed E-state index contributed by atoms with van der Waals surface area (Å²) in [6.45, 7) is 0. The predicted octanol–water partition coefficient (Wildman–Crippen LogP) is 15.4. The molecule has 11 rings (SSSR count). The van der Waals surface area contributed by atoms with E-state index in [1.807, 2.05) is 11.3 Å². The van der Waals surface area contributed by atoms with Gasteiger partial charge in [0, 0.05) is 42.1 Å². The lowest BCUT2D eigenvalue weighted by molar-refractivity contribution is 0.670. The quantitative estimate of drug-likeness (QED) is 0.174. The largest absolute Gasteiger partial charge is 0.455 e. The molecule has 0 fully saturated rings. The second-order valence-corrected chi connectivity index (χ2v) is 15.0. The fraction of sp³-hybridized carbons (Fsp3) is 0. The SMILES string of the molecule is c1ccc(-c2cc(-c3ccccc3)cc(-c3c4ccccc4c(-c4cccc5sc6c(-c7ccccc7)cccc6c45)c4oc5ccccc5c34)c2)cc1. The van der Waals surface area contributed by atoms with Crippen molar-refractivity contribution in [3.63, 3.8) is 0 Å². The van der Waals surface area contributed by atoms with Gasteiger partial charge in [-0.1, -0.05) is 164 Å². The Hall–Kier alpha value is -6.74. The highest BCUT2D eigenvalue weighted by atomic mass is 32.1. The molecule has 0 N–H and O–H groups in total. The zero-order valence-corrected chi connectivity index (χ0v) is 30.1. The first kappa shape index (κ1) is 30.8. The maximum atomic E-state index is 7.07. The van der Waals surface area contributed by atoms with Crippen LogP contribution in [0.5, 0.6) is 0 Å². The highest BCUT2D eigenvalue weighted by Gasteiger charge is 2.25. The Kier molecular flexibility index (Phi) is 7.11. The molecule has 0 bridgehead atoms. The lowest BCUT2D eigenvalue weighted by atomic mass is 9.85. The zero-order valence-electron chi connectivity index (χ0n) is 29.3. The maximum Gasteiger partial charge on any atom is 0.144 e. The highest BCUT2D eigenvalue weighted by Crippen LogP contribution is 2.51. The van der Waals surface area contributed by atoms with Gasteiger partial charge in [-0.15, -0.1) is 11.3 Å². The topological polar surface area (TPSA) is 13.1 Å². The first-order valence-electron chi connectivity index (χ1n) is 18.4. The van der Waals surface area contributed by atoms with E-state index in [-0.39, 0.29) is 0 Å². The summed E-state index contributed by atoms with van der Waals surface area (Å²) in [6, 6.07) is 70.2. The van der Waals surface area contributed by atoms with E-state index >= 15 is 0 Å². The average molecular weight is 705 g/mol. The molecule has 1 nitrogen and oxygen atoms in total. The van der Waals surface area contributed by atoms with Crippen LogP contribution in [-0.4, -0.2) is 0 Å². The van der Waals surface area contributed by atoms with Crippen LogP contribution in [0, 0.1) is 0 Å². The van der Waals surface area contributed by atoms with Gasteiger partial charge in [-0.3, -0.25) is 0 Å². The summed E-state index contributed by atoms with van der Waals surface area (Å²) in [5.74, 6) is 0. The van der Waals surface area contributed by atoms with Crippen LogP contribution >= 0.6 is 11.3 Å². The minimum absolute atomic E-state index is 0.890. The van der Waals surface area contributed by atoms with Crippen LogP contribution in [0.4, 0.5) is 0 Å². The number of rotatable bonds is 5. The molecule has 0 amide bonds. The predicted molar refractivity (Wildman–Crippen MR) is 231 cm³/mol. The molecular weight excluding hydrogens is 673 g/mol. The minimum Gasteiger partial charge on any atom is -0.455 e. The summed E-state index contributed by atoms with van der Waals surface area (Å²) in [5, 5.41) is 7.19. The summed E-state index contributed by atoms with van der Waals surface area (Å²) in [5.41, 5.74) is 13.8. The van der Waals surface area contributed by atoms with Crippen LogP contribution < -0.4 is 0 Å². The molecule has 2 aromatic heterocycles. The molecular formula is C52H32OS. The van der Waals surface area contributed by atoms with E-state index in [0.29, 0.717) is 0 Å². The minimum atomic E-state index is 0.890. The van der Waals surface area contributed by atoms with Gasteiger partial charge in [0.1, 0.15) is 11.2 Å². The van der Waals surface area contributed by atoms with Crippen molar-refractivity contribution in [1.29, 1.82) is 0 Å². The molecule has 0 atom stereocenters. The van der Waals surface area contributed by atoms with Crippen LogP contribution in [0.3, 0.4) is 0 Å². The van der Waals surface area contributed by atoms with Crippen molar-refractivity contribution in [2.24, 2.45) is 0 Å². The third-order valence-corrected chi connectivity index (χ3v) is 12.1. The van der Waals surface area contributed by atoms with E-state index in [2.05, 4.69) is 194 Å². The summed E-state index contributed by atoms with van der Waals surface area (Å²) < 4.78 is 9.65. The lowest BCUT2D eigenvalue weighted by Crippen LogP contribution is -1.91. The number of para-hydroxylation sites is 1. The van der Waals surface area contributed by atoms with Crippen LogP contribution in [0.2, 0.25) is 0 Å². The Balaban J connectivity index is 1.27. The first-order valence-corrected chi connectivity index (χ1v) is 19.2. The molecule has 0 saturated heterocycles. The van der Waals surface area contributed by atoms with Gasteiger partial charge in [0.05, 0.1) is 0 Å². The summed E-state index contributed by atoms with van der Waals surface area (Å²) in [7, 11) is 0. The number of fused-ring (bicyclic) bond motifs is 7. The van der Waals surface area contributed by atoms with Crippen molar-refractivity contribution in [1.82, 2.24) is 0 Å². The molecule has 0 unspecified atom stereocenters. The van der Waals surface area contributed by atoms with Crippen molar-refractivity contribution in [3.05, 3.63) is 194 Å². The monoisotopic (exact) mass is 704 g/mol. The smallest absolute Gasteiger partial charge is 0.144 e. The molecule has 2 heterocycles. The molecule has 0 spiro atoms. The highest BCUT2D eigenvalue weighted by molar-refractivity contribution is 7.26. The van der Waals surface area contributed by atoms with Crippen molar-refractivity contribution in [2.75, 3.05) is 0 Å². The van der Waals surface area contributed by atoms with E-state index < -0.39 is 0 Å². The van der Waals surface area contributed by atoms with E-state index in [1.165, 1.54) is 81.0 Å². The first-order chi connectivity index (χ1) is 26.8. The molecule has 11 aromatic rings. The fourth-order valence-electron chi connectivity index (χ4n) is 8.48. The summed E-state index contributed by atoms with van der Waals surface area (Å²) in [4.78, 5) is 0. The maximum absolute atomic E-state index is 7.07. The van der Waals surface area contributed by atoms with E-state index in [4.69, 9.17) is 4.42 Å². The molecule has 0 aliphatic carbocycles. The van der Waals surface area contributed by atoms with E-state index in [9.17, 15) is 0 Å². The molecule has 0 saturated carbocycles. The molecule has 9 aromatic carbocycles. The van der Waals surface area contributed by atoms with Gasteiger partial charge in [0.25, 0.3) is 0 Å². The Morgan fingerprint density at radius 1 is 0.333 bits per heavy atom. The molecule has 54 heavy (non-hydrogen) atoms. The van der Waals surface area contributed by atoms with Gasteiger partial charge in [-0.2, -0.15) is 0 Å². The zero-order chi connectivity index (χ0) is 35.6. The van der Waals surface area contributed by atoms with Crippen molar-refractivity contribution < 1.29 is 4.42 Å². The Bertz CT molecular complexity index is 3130. The Morgan fingerprint density at radius 3 is 1.54 bits per heavy atom. The second-order valence-electron chi connectivity index (χ2n) is 14.0. The van der Waals surface area contributed by atoms with E-state index in [0.717, 1.165) is 27.5 Å². The normalized spacial score (nSPS) is 11.7. The fourth-order valence-corrected chi connectivity index (χ4v) is 9.75. The number of thiophene rings is 1. The molecule has 2 heteroatoms. The number of furan rings is 1. The van der Waals surface area contributed by atoms with Gasteiger partial charge in [-0.05, 0) is 85.6 Å². The van der Waals surface area contributed by atoms with Gasteiger partial charge in [-0.25, -0.2) is 0 Å². The van der Waals surface area contributed by atoms with Crippen LogP contribution in [0.15, 0.2) is 199 Å². The number of hydrogen-bond acceptors (Lipinski definition) is 2. The molecule has 0 aliphatic heterocycles. The third kappa shape index (κ3) is 4.85. The molecule has 0 aliphatic rings. The Morgan fingerprint density at radius 2 is 0.852 bits per heavy atom. The standard InChI is InChI=1S/C52H32OS/c1-4-16-33(17-5-1)36-30-37(34-18-6-2-7-19-34)32-38(31-36)47-40-22-10-11-23-41(40)49(51-50(47)42-24-12-13-28-45(42)53-51)43-26-15-29-46-48(43)44-27-14-25-39(52(44)54-46)35-20-8-3-9-21-35/h1-32H. The van der Waals surface area contributed by atoms with Gasteiger partial charge in [0.2, 0.25) is 0 Å². The van der Waals surface area contributed by atoms with Crippen molar-refractivity contribution in [3.8, 4) is 55.6 Å². The lowest BCUT2D eigenvalue weighted by Gasteiger charge is -2.17. The van der Waals surface area contributed by atoms with Crippen LogP contribution in [0.25, 0.3) is 109 Å². The van der Waals surface area contributed by atoms with Gasteiger partial charge in [0.15, 0.2) is 0 Å². The van der Waals surface area contributed by atoms with Gasteiger partial charge < -0.3 is 4.42 Å². The molecule has 252 valence electrons. The van der Waals surface area contributed by atoms with Gasteiger partial charge >= 0.3 is 0 Å². The third-order valence-electron chi connectivity index (χ3n) is 10.9. The van der Waals surface area contributed by atoms with Crippen molar-refractivity contribution >= 4 is 64.2 Å². The second kappa shape index (κ2) is 12.4. The van der Waals surface area contributed by atoms with Crippen molar-refractivity contribution in [2.45, 2.75) is 0 Å². The molecule has 0 radical (unpaired) electrons. The summed E-state index contributed by atoms with van der Waals surface area (Å²) >= 11 is 1.88. The number of benzene rings is 9.